The van der Waals surface area contributed by atoms with Gasteiger partial charge >= 0.3 is 0 Å². The van der Waals surface area contributed by atoms with Crippen LogP contribution >= 0.6 is 28.1 Å². The van der Waals surface area contributed by atoms with Gasteiger partial charge in [0.1, 0.15) is 0 Å². The molecule has 2 aromatic rings. The molecule has 0 bridgehead atoms. The minimum absolute atomic E-state index is 0.807. The first-order valence-electron chi connectivity index (χ1n) is 8.46. The van der Waals surface area contributed by atoms with Crippen molar-refractivity contribution >= 4 is 45.0 Å². The van der Waals surface area contributed by atoms with Crippen molar-refractivity contribution in [2.75, 3.05) is 38.0 Å². The number of rotatable bonds is 4. The van der Waals surface area contributed by atoms with E-state index in [0.29, 0.717) is 0 Å². The van der Waals surface area contributed by atoms with Gasteiger partial charge in [0, 0.05) is 42.9 Å². The molecule has 1 aliphatic heterocycles. The predicted molar refractivity (Wildman–Crippen MR) is 114 cm³/mol. The maximum Gasteiger partial charge on any atom is 0.173 e. The summed E-state index contributed by atoms with van der Waals surface area (Å²) in [6.45, 7) is 4.96. The van der Waals surface area contributed by atoms with Gasteiger partial charge in [-0.3, -0.25) is 4.90 Å². The number of thiocarbonyl (C=S) groups is 1. The van der Waals surface area contributed by atoms with E-state index in [0.717, 1.165) is 48.0 Å². The first kappa shape index (κ1) is 18.1. The number of nitrogens with zero attached hydrogens (tertiary/aromatic N) is 2. The van der Waals surface area contributed by atoms with Crippen molar-refractivity contribution in [3.05, 3.63) is 70.7 Å². The predicted octanol–water partition coefficient (Wildman–Crippen LogP) is 4.48. The number of nitrogens with one attached hydrogen (secondary N) is 1. The molecule has 5 heteroatoms. The smallest absolute Gasteiger partial charge is 0.173 e. The maximum atomic E-state index is 5.55. The molecule has 25 heavy (non-hydrogen) atoms. The zero-order valence-electron chi connectivity index (χ0n) is 14.1. The van der Waals surface area contributed by atoms with Gasteiger partial charge in [-0.15, -0.1) is 0 Å². The summed E-state index contributed by atoms with van der Waals surface area (Å²) in [6, 6.07) is 18.5. The van der Waals surface area contributed by atoms with Gasteiger partial charge in [0.15, 0.2) is 5.11 Å². The lowest BCUT2D eigenvalue weighted by Gasteiger charge is -2.35. The molecule has 1 heterocycles. The van der Waals surface area contributed by atoms with E-state index in [2.05, 4.69) is 67.5 Å². The number of piperazine rings is 1. The van der Waals surface area contributed by atoms with Gasteiger partial charge in [0.2, 0.25) is 0 Å². The second-order valence-electron chi connectivity index (χ2n) is 6.04. The average molecular weight is 416 g/mol. The van der Waals surface area contributed by atoms with Crippen LogP contribution in [0.4, 0.5) is 5.69 Å². The quantitative estimate of drug-likeness (QED) is 0.741. The second-order valence-corrected chi connectivity index (χ2v) is 7.34. The Labute approximate surface area is 163 Å². The van der Waals surface area contributed by atoms with Crippen molar-refractivity contribution in [1.82, 2.24) is 9.80 Å². The Morgan fingerprint density at radius 1 is 1.00 bits per heavy atom. The Balaban J connectivity index is 1.42. The molecule has 130 valence electrons. The van der Waals surface area contributed by atoms with Crippen LogP contribution in [0.25, 0.3) is 6.08 Å². The van der Waals surface area contributed by atoms with Crippen LogP contribution in [-0.4, -0.2) is 47.6 Å². The number of benzene rings is 2. The van der Waals surface area contributed by atoms with Crippen LogP contribution in [0.15, 0.2) is 65.1 Å². The summed E-state index contributed by atoms with van der Waals surface area (Å²) in [4.78, 5) is 4.70. The highest BCUT2D eigenvalue weighted by molar-refractivity contribution is 9.10. The van der Waals surface area contributed by atoms with E-state index < -0.39 is 0 Å². The molecule has 1 N–H and O–H groups in total. The molecule has 0 aromatic heterocycles. The molecule has 1 fully saturated rings. The Morgan fingerprint density at radius 3 is 2.36 bits per heavy atom. The number of anilines is 1. The van der Waals surface area contributed by atoms with E-state index >= 15 is 0 Å². The SMILES string of the molecule is S=C(Nc1ccc(Br)cc1)N1CCN(CC=Cc2ccccc2)CC1. The van der Waals surface area contributed by atoms with Crippen LogP contribution in [0.2, 0.25) is 0 Å². The lowest BCUT2D eigenvalue weighted by atomic mass is 10.2. The molecule has 0 amide bonds. The molecule has 3 nitrogen and oxygen atoms in total. The zero-order valence-corrected chi connectivity index (χ0v) is 16.5. The molecule has 0 radical (unpaired) electrons. The molecule has 0 aliphatic carbocycles. The summed E-state index contributed by atoms with van der Waals surface area (Å²) in [5.74, 6) is 0. The number of hydrogen-bond donors (Lipinski definition) is 1. The Bertz CT molecular complexity index is 707. The molecular weight excluding hydrogens is 394 g/mol. The van der Waals surface area contributed by atoms with Crippen LogP contribution in [-0.2, 0) is 0 Å². The molecule has 0 atom stereocenters. The molecular formula is C20H22BrN3S. The second kappa shape index (κ2) is 9.13. The van der Waals surface area contributed by atoms with E-state index in [1.165, 1.54) is 5.56 Å². The average Bonchev–Trinajstić information content (AvgIpc) is 2.65. The molecule has 2 aromatic carbocycles. The van der Waals surface area contributed by atoms with Crippen molar-refractivity contribution in [2.24, 2.45) is 0 Å². The van der Waals surface area contributed by atoms with Gasteiger partial charge in [-0.2, -0.15) is 0 Å². The fourth-order valence-electron chi connectivity index (χ4n) is 2.77. The Kier molecular flexibility index (Phi) is 6.62. The van der Waals surface area contributed by atoms with Gasteiger partial charge in [0.25, 0.3) is 0 Å². The van der Waals surface area contributed by atoms with Crippen LogP contribution in [0.1, 0.15) is 5.56 Å². The van der Waals surface area contributed by atoms with E-state index in [1.54, 1.807) is 0 Å². The summed E-state index contributed by atoms with van der Waals surface area (Å²) in [5, 5.41) is 4.13. The van der Waals surface area contributed by atoms with E-state index in [9.17, 15) is 0 Å². The van der Waals surface area contributed by atoms with Crippen LogP contribution < -0.4 is 5.32 Å². The fourth-order valence-corrected chi connectivity index (χ4v) is 3.34. The normalized spacial score (nSPS) is 15.5. The van der Waals surface area contributed by atoms with E-state index in [4.69, 9.17) is 12.2 Å². The summed E-state index contributed by atoms with van der Waals surface area (Å²) in [5.41, 5.74) is 2.28. The van der Waals surface area contributed by atoms with Crippen LogP contribution in [0.5, 0.6) is 0 Å². The largest absolute Gasteiger partial charge is 0.346 e. The van der Waals surface area contributed by atoms with Crippen molar-refractivity contribution in [3.63, 3.8) is 0 Å². The highest BCUT2D eigenvalue weighted by Gasteiger charge is 2.18. The van der Waals surface area contributed by atoms with Gasteiger partial charge < -0.3 is 10.2 Å². The third-order valence-electron chi connectivity index (χ3n) is 4.23. The van der Waals surface area contributed by atoms with Gasteiger partial charge in [0.05, 0.1) is 0 Å². The minimum Gasteiger partial charge on any atom is -0.346 e. The first-order valence-corrected chi connectivity index (χ1v) is 9.66. The first-order chi connectivity index (χ1) is 12.2. The molecule has 0 saturated carbocycles. The minimum atomic E-state index is 0.807. The topological polar surface area (TPSA) is 18.5 Å². The Morgan fingerprint density at radius 2 is 1.68 bits per heavy atom. The molecule has 1 aliphatic rings. The fraction of sp³-hybridized carbons (Fsp3) is 0.250. The highest BCUT2D eigenvalue weighted by Crippen LogP contribution is 2.15. The summed E-state index contributed by atoms with van der Waals surface area (Å²) < 4.78 is 1.07. The Hall–Kier alpha value is -1.69. The molecule has 0 spiro atoms. The third-order valence-corrected chi connectivity index (χ3v) is 5.12. The lowest BCUT2D eigenvalue weighted by Crippen LogP contribution is -2.49. The summed E-state index contributed by atoms with van der Waals surface area (Å²) in [6.07, 6.45) is 4.43. The van der Waals surface area contributed by atoms with E-state index in [-0.39, 0.29) is 0 Å². The zero-order chi connectivity index (χ0) is 17.5. The van der Waals surface area contributed by atoms with Crippen molar-refractivity contribution in [2.45, 2.75) is 0 Å². The van der Waals surface area contributed by atoms with Gasteiger partial charge in [-0.1, -0.05) is 58.4 Å². The van der Waals surface area contributed by atoms with E-state index in [1.807, 2.05) is 30.3 Å². The number of halogens is 1. The van der Waals surface area contributed by atoms with Crippen molar-refractivity contribution in [3.8, 4) is 0 Å². The monoisotopic (exact) mass is 415 g/mol. The van der Waals surface area contributed by atoms with Crippen molar-refractivity contribution < 1.29 is 0 Å². The maximum absolute atomic E-state index is 5.55. The van der Waals surface area contributed by atoms with Gasteiger partial charge in [-0.05, 0) is 42.0 Å². The van der Waals surface area contributed by atoms with Crippen LogP contribution in [0.3, 0.4) is 0 Å². The standard InChI is InChI=1S/C20H22BrN3S/c21-18-8-10-19(11-9-18)22-20(25)24-15-13-23(14-16-24)12-4-7-17-5-2-1-3-6-17/h1-11H,12-16H2,(H,22,25). The highest BCUT2D eigenvalue weighted by atomic mass is 79.9. The molecule has 1 saturated heterocycles. The van der Waals surface area contributed by atoms with Crippen molar-refractivity contribution in [1.29, 1.82) is 0 Å². The molecule has 3 rings (SSSR count). The summed E-state index contributed by atoms with van der Waals surface area (Å²) in [7, 11) is 0. The lowest BCUT2D eigenvalue weighted by molar-refractivity contribution is 0.200. The van der Waals surface area contributed by atoms with Crippen LogP contribution in [0, 0.1) is 0 Å². The molecule has 0 unspecified atom stereocenters. The number of hydrogen-bond acceptors (Lipinski definition) is 2. The summed E-state index contributed by atoms with van der Waals surface area (Å²) >= 11 is 9.00. The van der Waals surface area contributed by atoms with Gasteiger partial charge in [-0.25, -0.2) is 0 Å². The third kappa shape index (κ3) is 5.66.